The van der Waals surface area contributed by atoms with Crippen LogP contribution in [0.1, 0.15) is 10.4 Å². The average molecular weight is 295 g/mol. The number of amides is 1. The zero-order valence-electron chi connectivity index (χ0n) is 10.1. The maximum absolute atomic E-state index is 13.3. The number of hydrogen-bond donors (Lipinski definition) is 1. The van der Waals surface area contributed by atoms with E-state index in [1.54, 1.807) is 5.32 Å². The van der Waals surface area contributed by atoms with E-state index in [-0.39, 0.29) is 5.56 Å². The highest BCUT2D eigenvalue weighted by Gasteiger charge is 2.29. The molecule has 0 heterocycles. The number of esters is 1. The van der Waals surface area contributed by atoms with Crippen LogP contribution in [-0.2, 0) is 9.47 Å². The van der Waals surface area contributed by atoms with Crippen molar-refractivity contribution < 1.29 is 36.6 Å². The third kappa shape index (κ3) is 4.75. The molecule has 0 aliphatic rings. The van der Waals surface area contributed by atoms with Crippen LogP contribution in [0, 0.1) is 5.82 Å². The van der Waals surface area contributed by atoms with E-state index in [0.717, 1.165) is 25.3 Å². The molecule has 110 valence electrons. The summed E-state index contributed by atoms with van der Waals surface area (Å²) >= 11 is 0. The van der Waals surface area contributed by atoms with Crippen molar-refractivity contribution >= 4 is 17.7 Å². The topological polar surface area (TPSA) is 64.6 Å². The van der Waals surface area contributed by atoms with Gasteiger partial charge in [0.1, 0.15) is 5.82 Å². The maximum Gasteiger partial charge on any atom is 0.422 e. The molecule has 1 N–H and O–H groups in total. The Balaban J connectivity index is 2.76. The van der Waals surface area contributed by atoms with Gasteiger partial charge in [-0.25, -0.2) is 14.0 Å². The molecule has 0 fully saturated rings. The summed E-state index contributed by atoms with van der Waals surface area (Å²) in [6.07, 6.45) is -6.19. The normalized spacial score (nSPS) is 10.8. The minimum Gasteiger partial charge on any atom is -0.465 e. The molecule has 0 saturated heterocycles. The Labute approximate surface area is 110 Å². The first-order valence-corrected chi connectivity index (χ1v) is 5.11. The lowest BCUT2D eigenvalue weighted by molar-refractivity contribution is -0.159. The zero-order valence-corrected chi connectivity index (χ0v) is 10.1. The second kappa shape index (κ2) is 6.22. The van der Waals surface area contributed by atoms with Gasteiger partial charge in [0.25, 0.3) is 0 Å². The van der Waals surface area contributed by atoms with Crippen LogP contribution < -0.4 is 5.32 Å². The van der Waals surface area contributed by atoms with Crippen molar-refractivity contribution in [1.82, 2.24) is 0 Å². The van der Waals surface area contributed by atoms with Crippen molar-refractivity contribution in [2.24, 2.45) is 0 Å². The number of alkyl halides is 3. The van der Waals surface area contributed by atoms with Crippen LogP contribution in [0.5, 0.6) is 0 Å². The van der Waals surface area contributed by atoms with Gasteiger partial charge in [-0.15, -0.1) is 0 Å². The van der Waals surface area contributed by atoms with Crippen LogP contribution in [0.15, 0.2) is 18.2 Å². The number of rotatable bonds is 3. The molecular weight excluding hydrogens is 286 g/mol. The van der Waals surface area contributed by atoms with Gasteiger partial charge in [-0.3, -0.25) is 5.32 Å². The van der Waals surface area contributed by atoms with Crippen molar-refractivity contribution in [2.75, 3.05) is 19.0 Å². The Bertz CT molecular complexity index is 516. The molecule has 0 unspecified atom stereocenters. The van der Waals surface area contributed by atoms with Crippen molar-refractivity contribution in [2.45, 2.75) is 6.18 Å². The van der Waals surface area contributed by atoms with E-state index in [0.29, 0.717) is 0 Å². The highest BCUT2D eigenvalue weighted by molar-refractivity contribution is 5.92. The predicted octanol–water partition coefficient (Wildman–Crippen LogP) is 2.72. The van der Waals surface area contributed by atoms with Gasteiger partial charge in [0.2, 0.25) is 0 Å². The summed E-state index contributed by atoms with van der Waals surface area (Å²) in [5, 5.41) is 1.76. The highest BCUT2D eigenvalue weighted by atomic mass is 19.4. The molecular formula is C11H9F4NO4. The SMILES string of the molecule is COC(=O)c1ccc(F)c(NC(=O)OCC(F)(F)F)c1. The summed E-state index contributed by atoms with van der Waals surface area (Å²) in [5.41, 5.74) is -0.583. The highest BCUT2D eigenvalue weighted by Crippen LogP contribution is 2.18. The summed E-state index contributed by atoms with van der Waals surface area (Å²) in [6, 6.07) is 2.86. The Morgan fingerprint density at radius 1 is 1.30 bits per heavy atom. The number of halogens is 4. The van der Waals surface area contributed by atoms with Gasteiger partial charge in [0.05, 0.1) is 18.4 Å². The number of carbonyl (C=O) groups excluding carboxylic acids is 2. The lowest BCUT2D eigenvalue weighted by Gasteiger charge is -2.10. The smallest absolute Gasteiger partial charge is 0.422 e. The number of hydrogen-bond acceptors (Lipinski definition) is 4. The molecule has 20 heavy (non-hydrogen) atoms. The first-order valence-electron chi connectivity index (χ1n) is 5.11. The number of methoxy groups -OCH3 is 1. The Hall–Kier alpha value is -2.32. The summed E-state index contributed by atoms with van der Waals surface area (Å²) in [5.74, 6) is -1.74. The van der Waals surface area contributed by atoms with Crippen LogP contribution in [0.25, 0.3) is 0 Å². The Morgan fingerprint density at radius 3 is 2.50 bits per heavy atom. The molecule has 1 aromatic carbocycles. The molecule has 0 aliphatic heterocycles. The van der Waals surface area contributed by atoms with Crippen molar-refractivity contribution in [3.05, 3.63) is 29.6 Å². The quantitative estimate of drug-likeness (QED) is 0.688. The van der Waals surface area contributed by atoms with E-state index in [1.165, 1.54) is 0 Å². The molecule has 0 radical (unpaired) electrons. The molecule has 1 amide bonds. The first-order chi connectivity index (χ1) is 9.23. The third-order valence-electron chi connectivity index (χ3n) is 1.99. The number of ether oxygens (including phenoxy) is 2. The van der Waals surface area contributed by atoms with Crippen LogP contribution >= 0.6 is 0 Å². The molecule has 5 nitrogen and oxygen atoms in total. The number of nitrogens with one attached hydrogen (secondary N) is 1. The van der Waals surface area contributed by atoms with Crippen molar-refractivity contribution in [3.8, 4) is 0 Å². The van der Waals surface area contributed by atoms with Crippen LogP contribution in [0.3, 0.4) is 0 Å². The van der Waals surface area contributed by atoms with Gasteiger partial charge in [-0.05, 0) is 18.2 Å². The molecule has 1 rings (SSSR count). The summed E-state index contributed by atoms with van der Waals surface area (Å²) in [6.45, 7) is -1.81. The van der Waals surface area contributed by atoms with Crippen molar-refractivity contribution in [1.29, 1.82) is 0 Å². The summed E-state index contributed by atoms with van der Waals surface area (Å²) in [7, 11) is 1.09. The summed E-state index contributed by atoms with van der Waals surface area (Å²) < 4.78 is 57.0. The summed E-state index contributed by atoms with van der Waals surface area (Å²) in [4.78, 5) is 22.2. The predicted molar refractivity (Wildman–Crippen MR) is 58.8 cm³/mol. The lowest BCUT2D eigenvalue weighted by atomic mass is 10.2. The van der Waals surface area contributed by atoms with Crippen LogP contribution in [0.2, 0.25) is 0 Å². The second-order valence-corrected chi connectivity index (χ2v) is 3.50. The molecule has 0 spiro atoms. The Kier molecular flexibility index (Phi) is 4.89. The molecule has 0 aromatic heterocycles. The van der Waals surface area contributed by atoms with Crippen LogP contribution in [0.4, 0.5) is 28.0 Å². The molecule has 0 bridgehead atoms. The minimum atomic E-state index is -4.69. The molecule has 0 aliphatic carbocycles. The fourth-order valence-electron chi connectivity index (χ4n) is 1.16. The minimum absolute atomic E-state index is 0.0833. The van der Waals surface area contributed by atoms with E-state index < -0.39 is 36.4 Å². The van der Waals surface area contributed by atoms with E-state index >= 15 is 0 Å². The largest absolute Gasteiger partial charge is 0.465 e. The first kappa shape index (κ1) is 15.7. The van der Waals surface area contributed by atoms with E-state index in [1.807, 2.05) is 0 Å². The lowest BCUT2D eigenvalue weighted by Crippen LogP contribution is -2.23. The van der Waals surface area contributed by atoms with Gasteiger partial charge in [0.15, 0.2) is 6.61 Å². The standard InChI is InChI=1S/C11H9F4NO4/c1-19-9(17)6-2-3-7(12)8(4-6)16-10(18)20-5-11(13,14)15/h2-4H,5H2,1H3,(H,16,18). The zero-order chi connectivity index (χ0) is 15.3. The van der Waals surface area contributed by atoms with Gasteiger partial charge in [0, 0.05) is 0 Å². The number of carbonyl (C=O) groups is 2. The van der Waals surface area contributed by atoms with Gasteiger partial charge in [-0.1, -0.05) is 0 Å². The van der Waals surface area contributed by atoms with Gasteiger partial charge < -0.3 is 9.47 Å². The fraction of sp³-hybridized carbons (Fsp3) is 0.273. The molecule has 1 aromatic rings. The molecule has 9 heteroatoms. The van der Waals surface area contributed by atoms with E-state index in [4.69, 9.17) is 0 Å². The van der Waals surface area contributed by atoms with Crippen LogP contribution in [-0.4, -0.2) is 32.0 Å². The van der Waals surface area contributed by atoms with Gasteiger partial charge in [-0.2, -0.15) is 13.2 Å². The van der Waals surface area contributed by atoms with E-state index in [9.17, 15) is 27.2 Å². The third-order valence-corrected chi connectivity index (χ3v) is 1.99. The van der Waals surface area contributed by atoms with Gasteiger partial charge >= 0.3 is 18.2 Å². The fourth-order valence-corrected chi connectivity index (χ4v) is 1.16. The van der Waals surface area contributed by atoms with E-state index in [2.05, 4.69) is 9.47 Å². The average Bonchev–Trinajstić information content (AvgIpc) is 2.37. The number of anilines is 1. The maximum atomic E-state index is 13.3. The van der Waals surface area contributed by atoms with Crippen molar-refractivity contribution in [3.63, 3.8) is 0 Å². The molecule has 0 saturated carbocycles. The second-order valence-electron chi connectivity index (χ2n) is 3.50. The molecule has 0 atom stereocenters. The monoisotopic (exact) mass is 295 g/mol. The Morgan fingerprint density at radius 2 is 1.95 bits per heavy atom. The number of benzene rings is 1.